The van der Waals surface area contributed by atoms with Gasteiger partial charge in [0.05, 0.1) is 17.3 Å². The number of halogens is 1. The van der Waals surface area contributed by atoms with Crippen LogP contribution < -0.4 is 10.1 Å². The van der Waals surface area contributed by atoms with E-state index in [4.69, 9.17) is 4.74 Å². The zero-order chi connectivity index (χ0) is 13.9. The van der Waals surface area contributed by atoms with E-state index in [2.05, 4.69) is 37.3 Å². The van der Waals surface area contributed by atoms with Gasteiger partial charge in [-0.2, -0.15) is 0 Å². The molecule has 0 bridgehead atoms. The Morgan fingerprint density at radius 2 is 2.20 bits per heavy atom. The molecule has 1 aromatic carbocycles. The van der Waals surface area contributed by atoms with Gasteiger partial charge >= 0.3 is 0 Å². The number of aromatic nitrogens is 2. The van der Waals surface area contributed by atoms with E-state index in [0.29, 0.717) is 12.4 Å². The van der Waals surface area contributed by atoms with Gasteiger partial charge < -0.3 is 10.1 Å². The number of benzene rings is 1. The lowest BCUT2D eigenvalue weighted by Gasteiger charge is -2.03. The van der Waals surface area contributed by atoms with Crippen LogP contribution in [0.3, 0.4) is 0 Å². The first kappa shape index (κ1) is 13.3. The molecule has 0 aliphatic carbocycles. The molecular weight excluding hydrogens is 338 g/mol. The molecule has 0 amide bonds. The van der Waals surface area contributed by atoms with Crippen molar-refractivity contribution >= 4 is 42.6 Å². The van der Waals surface area contributed by atoms with Crippen LogP contribution in [0, 0.1) is 0 Å². The maximum Gasteiger partial charge on any atom is 0.212 e. The zero-order valence-corrected chi connectivity index (χ0v) is 13.2. The molecule has 6 heteroatoms. The van der Waals surface area contributed by atoms with Gasteiger partial charge in [-0.3, -0.25) is 0 Å². The Labute approximate surface area is 129 Å². The molecule has 0 saturated heterocycles. The van der Waals surface area contributed by atoms with Crippen LogP contribution in [0.5, 0.6) is 5.88 Å². The molecule has 0 radical (unpaired) electrons. The number of ether oxygens (including phenoxy) is 1. The third kappa shape index (κ3) is 2.91. The Kier molecular flexibility index (Phi) is 3.84. The summed E-state index contributed by atoms with van der Waals surface area (Å²) in [6, 6.07) is 9.93. The molecule has 3 rings (SSSR count). The number of nitrogens with one attached hydrogen (secondary N) is 1. The molecule has 0 aliphatic rings. The van der Waals surface area contributed by atoms with Crippen LogP contribution in [0.25, 0.3) is 10.2 Å². The second-order valence-electron chi connectivity index (χ2n) is 4.19. The Hall–Kier alpha value is -1.66. The fourth-order valence-corrected chi connectivity index (χ4v) is 3.20. The summed E-state index contributed by atoms with van der Waals surface area (Å²) in [6.07, 6.45) is 1.80. The van der Waals surface area contributed by atoms with E-state index < -0.39 is 0 Å². The molecule has 0 unspecified atom stereocenters. The number of pyridine rings is 1. The van der Waals surface area contributed by atoms with E-state index in [-0.39, 0.29) is 0 Å². The fourth-order valence-electron chi connectivity index (χ4n) is 1.79. The summed E-state index contributed by atoms with van der Waals surface area (Å²) in [5, 5.41) is 4.23. The lowest BCUT2D eigenvalue weighted by molar-refractivity contribution is 0.397. The van der Waals surface area contributed by atoms with E-state index in [0.717, 1.165) is 25.4 Å². The summed E-state index contributed by atoms with van der Waals surface area (Å²) in [6.45, 7) is 0.692. The van der Waals surface area contributed by atoms with Gasteiger partial charge in [0.2, 0.25) is 5.88 Å². The maximum atomic E-state index is 5.04. The summed E-state index contributed by atoms with van der Waals surface area (Å²) < 4.78 is 7.27. The molecule has 2 aromatic heterocycles. The predicted molar refractivity (Wildman–Crippen MR) is 85.4 cm³/mol. The van der Waals surface area contributed by atoms with E-state index in [1.54, 1.807) is 24.6 Å². The molecule has 0 spiro atoms. The first-order chi connectivity index (χ1) is 9.74. The van der Waals surface area contributed by atoms with Crippen LogP contribution in [-0.4, -0.2) is 17.1 Å². The van der Waals surface area contributed by atoms with Crippen LogP contribution in [-0.2, 0) is 6.54 Å². The van der Waals surface area contributed by atoms with Crippen LogP contribution in [0.2, 0.25) is 0 Å². The average Bonchev–Trinajstić information content (AvgIpc) is 2.87. The molecule has 1 N–H and O–H groups in total. The van der Waals surface area contributed by atoms with Gasteiger partial charge in [0.15, 0.2) is 5.13 Å². The first-order valence-corrected chi connectivity index (χ1v) is 7.64. The molecule has 102 valence electrons. The standard InChI is InChI=1S/C14H12BrN3OS/c1-19-13-5-2-9(7-16-13)8-17-14-18-11-4-3-10(15)6-12(11)20-14/h2-7H,8H2,1H3,(H,17,18). The number of hydrogen-bond donors (Lipinski definition) is 1. The van der Waals surface area contributed by atoms with E-state index in [1.165, 1.54) is 0 Å². The summed E-state index contributed by atoms with van der Waals surface area (Å²) in [4.78, 5) is 8.72. The van der Waals surface area contributed by atoms with E-state index >= 15 is 0 Å². The number of methoxy groups -OCH3 is 1. The first-order valence-electron chi connectivity index (χ1n) is 6.03. The topological polar surface area (TPSA) is 47.0 Å². The highest BCUT2D eigenvalue weighted by molar-refractivity contribution is 9.10. The van der Waals surface area contributed by atoms with E-state index in [1.807, 2.05) is 24.3 Å². The number of nitrogens with zero attached hydrogens (tertiary/aromatic N) is 2. The Morgan fingerprint density at radius 3 is 2.95 bits per heavy atom. The lowest BCUT2D eigenvalue weighted by atomic mass is 10.3. The monoisotopic (exact) mass is 349 g/mol. The van der Waals surface area contributed by atoms with Crippen LogP contribution in [0.15, 0.2) is 41.0 Å². The van der Waals surface area contributed by atoms with Crippen molar-refractivity contribution in [2.75, 3.05) is 12.4 Å². The van der Waals surface area contributed by atoms with Crippen molar-refractivity contribution in [2.24, 2.45) is 0 Å². The second kappa shape index (κ2) is 5.76. The highest BCUT2D eigenvalue weighted by atomic mass is 79.9. The molecular formula is C14H12BrN3OS. The van der Waals surface area contributed by atoms with Gasteiger partial charge in [0.25, 0.3) is 0 Å². The normalized spacial score (nSPS) is 10.7. The smallest absolute Gasteiger partial charge is 0.212 e. The van der Waals surface area contributed by atoms with Crippen molar-refractivity contribution in [3.05, 3.63) is 46.6 Å². The Morgan fingerprint density at radius 1 is 1.30 bits per heavy atom. The van der Waals surface area contributed by atoms with Crippen molar-refractivity contribution in [1.29, 1.82) is 0 Å². The van der Waals surface area contributed by atoms with Gasteiger partial charge in [-0.25, -0.2) is 9.97 Å². The third-order valence-electron chi connectivity index (χ3n) is 2.80. The summed E-state index contributed by atoms with van der Waals surface area (Å²) in [7, 11) is 1.61. The fraction of sp³-hybridized carbons (Fsp3) is 0.143. The molecule has 0 saturated carbocycles. The minimum atomic E-state index is 0.624. The van der Waals surface area contributed by atoms with Gasteiger partial charge in [-0.1, -0.05) is 33.3 Å². The minimum absolute atomic E-state index is 0.624. The molecule has 0 aliphatic heterocycles. The van der Waals surface area contributed by atoms with Crippen molar-refractivity contribution in [3.8, 4) is 5.88 Å². The second-order valence-corrected chi connectivity index (χ2v) is 6.14. The number of fused-ring (bicyclic) bond motifs is 1. The Balaban J connectivity index is 1.72. The van der Waals surface area contributed by atoms with Crippen LogP contribution >= 0.6 is 27.3 Å². The molecule has 4 nitrogen and oxygen atoms in total. The van der Waals surface area contributed by atoms with Crippen molar-refractivity contribution < 1.29 is 4.74 Å². The van der Waals surface area contributed by atoms with Gasteiger partial charge in [0, 0.05) is 23.3 Å². The predicted octanol–water partition coefficient (Wildman–Crippen LogP) is 4.07. The minimum Gasteiger partial charge on any atom is -0.481 e. The molecule has 0 fully saturated rings. The average molecular weight is 350 g/mol. The maximum absolute atomic E-state index is 5.04. The van der Waals surface area contributed by atoms with E-state index in [9.17, 15) is 0 Å². The molecule has 3 aromatic rings. The number of rotatable bonds is 4. The number of anilines is 1. The summed E-state index contributed by atoms with van der Waals surface area (Å²) in [5.74, 6) is 0.624. The quantitative estimate of drug-likeness (QED) is 0.770. The van der Waals surface area contributed by atoms with Crippen molar-refractivity contribution in [3.63, 3.8) is 0 Å². The van der Waals surface area contributed by atoms with Crippen LogP contribution in [0.1, 0.15) is 5.56 Å². The SMILES string of the molecule is COc1ccc(CNc2nc3ccc(Br)cc3s2)cn1. The van der Waals surface area contributed by atoms with Crippen molar-refractivity contribution in [1.82, 2.24) is 9.97 Å². The molecule has 0 atom stereocenters. The molecule has 20 heavy (non-hydrogen) atoms. The summed E-state index contributed by atoms with van der Waals surface area (Å²) in [5.41, 5.74) is 2.10. The third-order valence-corrected chi connectivity index (χ3v) is 4.27. The Bertz CT molecular complexity index is 727. The zero-order valence-electron chi connectivity index (χ0n) is 10.8. The lowest BCUT2D eigenvalue weighted by Crippen LogP contribution is -1.99. The van der Waals surface area contributed by atoms with Crippen LogP contribution in [0.4, 0.5) is 5.13 Å². The highest BCUT2D eigenvalue weighted by Crippen LogP contribution is 2.28. The molecule has 2 heterocycles. The van der Waals surface area contributed by atoms with Gasteiger partial charge in [0.1, 0.15) is 0 Å². The highest BCUT2D eigenvalue weighted by Gasteiger charge is 2.04. The number of thiazole rings is 1. The number of hydrogen-bond acceptors (Lipinski definition) is 5. The van der Waals surface area contributed by atoms with Gasteiger partial charge in [-0.05, 0) is 23.8 Å². The summed E-state index contributed by atoms with van der Waals surface area (Å²) >= 11 is 5.11. The largest absolute Gasteiger partial charge is 0.481 e. The van der Waals surface area contributed by atoms with Gasteiger partial charge in [-0.15, -0.1) is 0 Å². The van der Waals surface area contributed by atoms with Crippen molar-refractivity contribution in [2.45, 2.75) is 6.54 Å².